The van der Waals surface area contributed by atoms with Crippen LogP contribution in [0.1, 0.15) is 27.8 Å². The van der Waals surface area contributed by atoms with Gasteiger partial charge in [-0.05, 0) is 22.0 Å². The van der Waals surface area contributed by atoms with Gasteiger partial charge in [0.1, 0.15) is 5.69 Å². The Kier molecular flexibility index (Phi) is 3.70. The molecular formula is C10H7BrN2O2S2. The Morgan fingerprint density at radius 3 is 2.65 bits per heavy atom. The zero-order chi connectivity index (χ0) is 12.4. The molecule has 1 N–H and O–H groups in total. The van der Waals surface area contributed by atoms with Gasteiger partial charge in [-0.15, -0.1) is 22.7 Å². The Morgan fingerprint density at radius 2 is 2.12 bits per heavy atom. The van der Waals surface area contributed by atoms with Crippen molar-refractivity contribution in [1.82, 2.24) is 4.98 Å². The molecule has 0 aliphatic carbocycles. The van der Waals surface area contributed by atoms with Gasteiger partial charge in [-0.3, -0.25) is 14.9 Å². The average Bonchev–Trinajstić information content (AvgIpc) is 2.86. The highest BCUT2D eigenvalue weighted by Gasteiger charge is 2.11. The number of nitrogens with zero attached hydrogens (tertiary/aromatic N) is 1. The van der Waals surface area contributed by atoms with Crippen molar-refractivity contribution in [3.63, 3.8) is 0 Å². The Labute approximate surface area is 114 Å². The van der Waals surface area contributed by atoms with E-state index >= 15 is 0 Å². The van der Waals surface area contributed by atoms with Crippen LogP contribution in [0.25, 0.3) is 0 Å². The van der Waals surface area contributed by atoms with Gasteiger partial charge >= 0.3 is 0 Å². The van der Waals surface area contributed by atoms with Gasteiger partial charge in [0, 0.05) is 17.7 Å². The standard InChI is InChI=1S/C10H7BrN2O2S2/c1-5(14)7-4-17-10(12-7)13-9(15)6-2-8(11)16-3-6/h2-4H,1H3,(H,12,13,15). The predicted molar refractivity (Wildman–Crippen MR) is 72.1 cm³/mol. The molecule has 0 spiro atoms. The average molecular weight is 331 g/mol. The number of amides is 1. The van der Waals surface area contributed by atoms with Crippen molar-refractivity contribution in [2.45, 2.75) is 6.92 Å². The monoisotopic (exact) mass is 330 g/mol. The lowest BCUT2D eigenvalue weighted by molar-refractivity contribution is 0.100. The van der Waals surface area contributed by atoms with E-state index in [0.717, 1.165) is 3.79 Å². The summed E-state index contributed by atoms with van der Waals surface area (Å²) in [6.45, 7) is 1.44. The van der Waals surface area contributed by atoms with E-state index in [1.807, 2.05) is 0 Å². The molecule has 0 fully saturated rings. The molecule has 0 aliphatic heterocycles. The van der Waals surface area contributed by atoms with Crippen LogP contribution >= 0.6 is 38.6 Å². The number of nitrogens with one attached hydrogen (secondary N) is 1. The lowest BCUT2D eigenvalue weighted by atomic mass is 10.3. The summed E-state index contributed by atoms with van der Waals surface area (Å²) in [5.41, 5.74) is 0.943. The smallest absolute Gasteiger partial charge is 0.258 e. The highest BCUT2D eigenvalue weighted by Crippen LogP contribution is 2.22. The Hall–Kier alpha value is -1.05. The number of carbonyl (C=O) groups is 2. The Balaban J connectivity index is 2.10. The molecule has 2 aromatic heterocycles. The van der Waals surface area contributed by atoms with E-state index in [-0.39, 0.29) is 11.7 Å². The second-order valence-electron chi connectivity index (χ2n) is 3.19. The topological polar surface area (TPSA) is 59.1 Å². The van der Waals surface area contributed by atoms with Gasteiger partial charge in [-0.2, -0.15) is 0 Å². The molecule has 0 unspecified atom stereocenters. The summed E-state index contributed by atoms with van der Waals surface area (Å²) in [5.74, 6) is -0.337. The molecule has 0 bridgehead atoms. The molecule has 2 aromatic rings. The summed E-state index contributed by atoms with van der Waals surface area (Å²) >= 11 is 5.96. The summed E-state index contributed by atoms with van der Waals surface area (Å²) in [6, 6.07) is 1.74. The highest BCUT2D eigenvalue weighted by molar-refractivity contribution is 9.11. The fourth-order valence-corrected chi connectivity index (χ4v) is 2.97. The number of aromatic nitrogens is 1. The molecular weight excluding hydrogens is 324 g/mol. The molecule has 17 heavy (non-hydrogen) atoms. The van der Waals surface area contributed by atoms with Crippen LogP contribution < -0.4 is 5.32 Å². The largest absolute Gasteiger partial charge is 0.298 e. The van der Waals surface area contributed by atoms with Crippen LogP contribution in [0.15, 0.2) is 20.6 Å². The minimum atomic E-state index is -0.226. The van der Waals surface area contributed by atoms with Crippen molar-refractivity contribution in [2.24, 2.45) is 0 Å². The van der Waals surface area contributed by atoms with Gasteiger partial charge in [0.25, 0.3) is 5.91 Å². The maximum atomic E-state index is 11.8. The number of halogens is 1. The number of Topliss-reactive ketones (excluding diaryl/α,β-unsaturated/α-hetero) is 1. The van der Waals surface area contributed by atoms with Crippen LogP contribution in [0.4, 0.5) is 5.13 Å². The number of thiazole rings is 1. The fraction of sp³-hybridized carbons (Fsp3) is 0.100. The molecule has 0 saturated heterocycles. The van der Waals surface area contributed by atoms with Crippen molar-refractivity contribution < 1.29 is 9.59 Å². The second-order valence-corrected chi connectivity index (χ2v) is 6.34. The molecule has 7 heteroatoms. The number of ketones is 1. The van der Waals surface area contributed by atoms with Crippen LogP contribution in [0.5, 0.6) is 0 Å². The van der Waals surface area contributed by atoms with Crippen molar-refractivity contribution in [1.29, 1.82) is 0 Å². The molecule has 4 nitrogen and oxygen atoms in total. The predicted octanol–water partition coefficient (Wildman–Crippen LogP) is 3.42. The SMILES string of the molecule is CC(=O)c1csc(NC(=O)c2csc(Br)c2)n1. The van der Waals surface area contributed by atoms with Crippen molar-refractivity contribution in [2.75, 3.05) is 5.32 Å². The molecule has 0 aromatic carbocycles. The third kappa shape index (κ3) is 2.99. The number of thiophene rings is 1. The zero-order valence-electron chi connectivity index (χ0n) is 8.69. The van der Waals surface area contributed by atoms with Gasteiger partial charge < -0.3 is 0 Å². The molecule has 0 radical (unpaired) electrons. The van der Waals surface area contributed by atoms with Crippen molar-refractivity contribution >= 4 is 55.4 Å². The van der Waals surface area contributed by atoms with E-state index in [1.165, 1.54) is 29.6 Å². The first-order chi connectivity index (χ1) is 8.06. The highest BCUT2D eigenvalue weighted by atomic mass is 79.9. The third-order valence-corrected chi connectivity index (χ3v) is 4.18. The minimum Gasteiger partial charge on any atom is -0.298 e. The quantitative estimate of drug-likeness (QED) is 0.877. The van der Waals surface area contributed by atoms with Crippen LogP contribution in [-0.4, -0.2) is 16.7 Å². The van der Waals surface area contributed by atoms with Gasteiger partial charge in [-0.1, -0.05) is 0 Å². The number of hydrogen-bond acceptors (Lipinski definition) is 5. The number of rotatable bonds is 3. The first kappa shape index (κ1) is 12.4. The molecule has 0 atom stereocenters. The minimum absolute atomic E-state index is 0.111. The van der Waals surface area contributed by atoms with E-state index in [9.17, 15) is 9.59 Å². The molecule has 2 rings (SSSR count). The molecule has 88 valence electrons. The van der Waals surface area contributed by atoms with E-state index in [0.29, 0.717) is 16.4 Å². The summed E-state index contributed by atoms with van der Waals surface area (Å²) in [7, 11) is 0. The number of hydrogen-bond donors (Lipinski definition) is 1. The van der Waals surface area contributed by atoms with Gasteiger partial charge in [0.2, 0.25) is 0 Å². The molecule has 0 aliphatic rings. The van der Waals surface area contributed by atoms with E-state index in [1.54, 1.807) is 16.8 Å². The number of anilines is 1. The number of carbonyl (C=O) groups excluding carboxylic acids is 2. The van der Waals surface area contributed by atoms with E-state index < -0.39 is 0 Å². The van der Waals surface area contributed by atoms with E-state index in [2.05, 4.69) is 26.2 Å². The fourth-order valence-electron chi connectivity index (χ4n) is 1.09. The molecule has 0 saturated carbocycles. The molecule has 2 heterocycles. The Morgan fingerprint density at radius 1 is 1.35 bits per heavy atom. The first-order valence-electron chi connectivity index (χ1n) is 4.58. The van der Waals surface area contributed by atoms with Gasteiger partial charge in [-0.25, -0.2) is 4.98 Å². The lowest BCUT2D eigenvalue weighted by Gasteiger charge is -1.97. The van der Waals surface area contributed by atoms with Crippen LogP contribution in [-0.2, 0) is 0 Å². The van der Waals surface area contributed by atoms with E-state index in [4.69, 9.17) is 0 Å². The van der Waals surface area contributed by atoms with Gasteiger partial charge in [0.05, 0.1) is 9.35 Å². The molecule has 1 amide bonds. The summed E-state index contributed by atoms with van der Waals surface area (Å²) in [6.07, 6.45) is 0. The van der Waals surface area contributed by atoms with Crippen molar-refractivity contribution in [3.05, 3.63) is 31.9 Å². The summed E-state index contributed by atoms with van der Waals surface area (Å²) in [5, 5.41) is 6.46. The summed E-state index contributed by atoms with van der Waals surface area (Å²) < 4.78 is 0.895. The first-order valence-corrected chi connectivity index (χ1v) is 7.13. The van der Waals surface area contributed by atoms with Crippen LogP contribution in [0.2, 0.25) is 0 Å². The normalized spacial score (nSPS) is 10.2. The summed E-state index contributed by atoms with van der Waals surface area (Å²) in [4.78, 5) is 26.8. The lowest BCUT2D eigenvalue weighted by Crippen LogP contribution is -2.10. The second kappa shape index (κ2) is 5.07. The maximum Gasteiger partial charge on any atom is 0.258 e. The van der Waals surface area contributed by atoms with Gasteiger partial charge in [0.15, 0.2) is 10.9 Å². The third-order valence-electron chi connectivity index (χ3n) is 1.92. The van der Waals surface area contributed by atoms with Crippen molar-refractivity contribution in [3.8, 4) is 0 Å². The van der Waals surface area contributed by atoms with Crippen LogP contribution in [0, 0.1) is 0 Å². The van der Waals surface area contributed by atoms with Crippen LogP contribution in [0.3, 0.4) is 0 Å². The maximum absolute atomic E-state index is 11.8. The zero-order valence-corrected chi connectivity index (χ0v) is 11.9. The Bertz CT molecular complexity index is 576.